The summed E-state index contributed by atoms with van der Waals surface area (Å²) in [6, 6.07) is 7.75. The fraction of sp³-hybridized carbons (Fsp3) is 0.308. The lowest BCUT2D eigenvalue weighted by molar-refractivity contribution is -0.274. The van der Waals surface area contributed by atoms with Gasteiger partial charge in [0.2, 0.25) is 0 Å². The fourth-order valence-corrected chi connectivity index (χ4v) is 1.81. The molecule has 0 fully saturated rings. The van der Waals surface area contributed by atoms with Crippen molar-refractivity contribution in [3.63, 3.8) is 0 Å². The van der Waals surface area contributed by atoms with E-state index in [0.717, 1.165) is 5.69 Å². The first-order valence-electron chi connectivity index (χ1n) is 6.09. The van der Waals surface area contributed by atoms with E-state index in [9.17, 15) is 13.2 Å². The predicted molar refractivity (Wildman–Crippen MR) is 68.4 cm³/mol. The summed E-state index contributed by atoms with van der Waals surface area (Å²) in [6.45, 7) is 3.01. The van der Waals surface area contributed by atoms with E-state index >= 15 is 0 Å². The molecule has 7 heteroatoms. The SMILES string of the molecule is CCn1nccc1CNc1ccccc1OC(F)(F)F. The van der Waals surface area contributed by atoms with Gasteiger partial charge in [-0.2, -0.15) is 5.10 Å². The second-order valence-electron chi connectivity index (χ2n) is 4.04. The van der Waals surface area contributed by atoms with Crippen molar-refractivity contribution in [2.45, 2.75) is 26.4 Å². The molecule has 0 saturated carbocycles. The van der Waals surface area contributed by atoms with Gasteiger partial charge in [0, 0.05) is 12.7 Å². The molecular weight excluding hydrogens is 271 g/mol. The second kappa shape index (κ2) is 5.85. The standard InChI is InChI=1S/C13H14F3N3O/c1-2-19-10(7-8-18-19)9-17-11-5-3-4-6-12(11)20-13(14,15)16/h3-8,17H,2,9H2,1H3. The summed E-state index contributed by atoms with van der Waals surface area (Å²) in [5.41, 5.74) is 1.17. The Morgan fingerprint density at radius 2 is 2.00 bits per heavy atom. The maximum Gasteiger partial charge on any atom is 0.573 e. The Morgan fingerprint density at radius 3 is 2.70 bits per heavy atom. The van der Waals surface area contributed by atoms with Crippen molar-refractivity contribution >= 4 is 5.69 Å². The van der Waals surface area contributed by atoms with E-state index in [1.54, 1.807) is 16.9 Å². The molecule has 2 rings (SSSR count). The molecule has 0 amide bonds. The van der Waals surface area contributed by atoms with Gasteiger partial charge < -0.3 is 10.1 Å². The van der Waals surface area contributed by atoms with Crippen LogP contribution in [0.25, 0.3) is 0 Å². The molecule has 4 nitrogen and oxygen atoms in total. The number of alkyl halides is 3. The zero-order chi connectivity index (χ0) is 14.6. The van der Waals surface area contributed by atoms with Crippen LogP contribution in [0.1, 0.15) is 12.6 Å². The quantitative estimate of drug-likeness (QED) is 0.915. The number of rotatable bonds is 5. The number of anilines is 1. The first-order valence-corrected chi connectivity index (χ1v) is 6.09. The van der Waals surface area contributed by atoms with Gasteiger partial charge in [-0.3, -0.25) is 4.68 Å². The van der Waals surface area contributed by atoms with Crippen molar-refractivity contribution in [2.24, 2.45) is 0 Å². The number of benzene rings is 1. The Kier molecular flexibility index (Phi) is 4.16. The largest absolute Gasteiger partial charge is 0.573 e. The lowest BCUT2D eigenvalue weighted by Gasteiger charge is -2.14. The summed E-state index contributed by atoms with van der Waals surface area (Å²) < 4.78 is 42.6. The van der Waals surface area contributed by atoms with E-state index in [2.05, 4.69) is 15.2 Å². The molecule has 1 heterocycles. The van der Waals surface area contributed by atoms with E-state index in [-0.39, 0.29) is 11.4 Å². The highest BCUT2D eigenvalue weighted by atomic mass is 19.4. The normalized spacial score (nSPS) is 11.4. The van der Waals surface area contributed by atoms with Gasteiger partial charge in [-0.1, -0.05) is 12.1 Å². The highest BCUT2D eigenvalue weighted by Gasteiger charge is 2.32. The number of halogens is 3. The van der Waals surface area contributed by atoms with Crippen LogP contribution in [0, 0.1) is 0 Å². The molecule has 1 aromatic carbocycles. The van der Waals surface area contributed by atoms with E-state index in [0.29, 0.717) is 13.1 Å². The highest BCUT2D eigenvalue weighted by molar-refractivity contribution is 5.56. The van der Waals surface area contributed by atoms with Crippen LogP contribution in [-0.2, 0) is 13.1 Å². The molecule has 0 aliphatic carbocycles. The molecule has 1 aromatic heterocycles. The van der Waals surface area contributed by atoms with Gasteiger partial charge in [0.15, 0.2) is 5.75 Å². The summed E-state index contributed by atoms with van der Waals surface area (Å²) in [6.07, 6.45) is -3.05. The third-order valence-electron chi connectivity index (χ3n) is 2.68. The molecule has 0 atom stereocenters. The summed E-state index contributed by atoms with van der Waals surface area (Å²) in [4.78, 5) is 0. The highest BCUT2D eigenvalue weighted by Crippen LogP contribution is 2.30. The molecule has 0 saturated heterocycles. The van der Waals surface area contributed by atoms with Crippen LogP contribution < -0.4 is 10.1 Å². The zero-order valence-corrected chi connectivity index (χ0v) is 10.8. The maximum atomic E-state index is 12.3. The van der Waals surface area contributed by atoms with Crippen molar-refractivity contribution in [2.75, 3.05) is 5.32 Å². The van der Waals surface area contributed by atoms with Crippen molar-refractivity contribution in [1.29, 1.82) is 0 Å². The Bertz CT molecular complexity index is 566. The van der Waals surface area contributed by atoms with Crippen molar-refractivity contribution in [3.05, 3.63) is 42.2 Å². The Labute approximate surface area is 114 Å². The van der Waals surface area contributed by atoms with Gasteiger partial charge in [0.25, 0.3) is 0 Å². The molecule has 0 spiro atoms. The number of aromatic nitrogens is 2. The minimum atomic E-state index is -4.71. The van der Waals surface area contributed by atoms with E-state index < -0.39 is 6.36 Å². The molecule has 108 valence electrons. The van der Waals surface area contributed by atoms with E-state index in [1.165, 1.54) is 18.2 Å². The number of para-hydroxylation sites is 2. The van der Waals surface area contributed by atoms with Crippen LogP contribution in [-0.4, -0.2) is 16.1 Å². The fourth-order valence-electron chi connectivity index (χ4n) is 1.81. The van der Waals surface area contributed by atoms with Crippen LogP contribution in [0.2, 0.25) is 0 Å². The summed E-state index contributed by atoms with van der Waals surface area (Å²) >= 11 is 0. The Hall–Kier alpha value is -2.18. The van der Waals surface area contributed by atoms with Gasteiger partial charge in [-0.05, 0) is 25.1 Å². The van der Waals surface area contributed by atoms with Gasteiger partial charge in [-0.25, -0.2) is 0 Å². The van der Waals surface area contributed by atoms with E-state index in [4.69, 9.17) is 0 Å². The number of ether oxygens (including phenoxy) is 1. The van der Waals surface area contributed by atoms with E-state index in [1.807, 2.05) is 13.0 Å². The topological polar surface area (TPSA) is 39.1 Å². The summed E-state index contributed by atoms with van der Waals surface area (Å²) in [7, 11) is 0. The average Bonchev–Trinajstić information content (AvgIpc) is 2.83. The number of nitrogens with zero attached hydrogens (tertiary/aromatic N) is 2. The number of hydrogen-bond donors (Lipinski definition) is 1. The molecule has 20 heavy (non-hydrogen) atoms. The van der Waals surface area contributed by atoms with Crippen LogP contribution in [0.15, 0.2) is 36.5 Å². The Balaban J connectivity index is 2.10. The maximum absolute atomic E-state index is 12.3. The van der Waals surface area contributed by atoms with Crippen molar-refractivity contribution < 1.29 is 17.9 Å². The monoisotopic (exact) mass is 285 g/mol. The first-order chi connectivity index (χ1) is 9.49. The first kappa shape index (κ1) is 14.2. The minimum Gasteiger partial charge on any atom is -0.404 e. The molecular formula is C13H14F3N3O. The second-order valence-corrected chi connectivity index (χ2v) is 4.04. The third kappa shape index (κ3) is 3.66. The van der Waals surface area contributed by atoms with Crippen LogP contribution in [0.5, 0.6) is 5.75 Å². The molecule has 1 N–H and O–H groups in total. The number of hydrogen-bond acceptors (Lipinski definition) is 3. The molecule has 2 aromatic rings. The number of nitrogens with one attached hydrogen (secondary N) is 1. The molecule has 0 radical (unpaired) electrons. The van der Waals surface area contributed by atoms with Crippen molar-refractivity contribution in [3.8, 4) is 5.75 Å². The van der Waals surface area contributed by atoms with Crippen LogP contribution in [0.4, 0.5) is 18.9 Å². The lowest BCUT2D eigenvalue weighted by Crippen LogP contribution is -2.18. The lowest BCUT2D eigenvalue weighted by atomic mass is 10.3. The zero-order valence-electron chi connectivity index (χ0n) is 10.8. The van der Waals surface area contributed by atoms with Crippen LogP contribution >= 0.6 is 0 Å². The molecule has 0 aliphatic rings. The van der Waals surface area contributed by atoms with Gasteiger partial charge in [-0.15, -0.1) is 13.2 Å². The summed E-state index contributed by atoms with van der Waals surface area (Å²) in [5.74, 6) is -0.248. The van der Waals surface area contributed by atoms with Crippen molar-refractivity contribution in [1.82, 2.24) is 9.78 Å². The average molecular weight is 285 g/mol. The van der Waals surface area contributed by atoms with Gasteiger partial charge in [0.1, 0.15) is 0 Å². The number of aryl methyl sites for hydroxylation is 1. The molecule has 0 aliphatic heterocycles. The smallest absolute Gasteiger partial charge is 0.404 e. The molecule has 0 bridgehead atoms. The van der Waals surface area contributed by atoms with Gasteiger partial charge in [0.05, 0.1) is 17.9 Å². The molecule has 0 unspecified atom stereocenters. The van der Waals surface area contributed by atoms with Crippen LogP contribution in [0.3, 0.4) is 0 Å². The minimum absolute atomic E-state index is 0.248. The Morgan fingerprint density at radius 1 is 1.25 bits per heavy atom. The summed E-state index contributed by atoms with van der Waals surface area (Å²) in [5, 5.41) is 7.02. The van der Waals surface area contributed by atoms with Gasteiger partial charge >= 0.3 is 6.36 Å². The third-order valence-corrected chi connectivity index (χ3v) is 2.68. The predicted octanol–water partition coefficient (Wildman–Crippen LogP) is 3.41.